The number of hydrogen-bond acceptors (Lipinski definition) is 8. The molecule has 0 heterocycles. The van der Waals surface area contributed by atoms with Gasteiger partial charge in [-0.3, -0.25) is 9.98 Å². The molecule has 2 fully saturated rings. The summed E-state index contributed by atoms with van der Waals surface area (Å²) in [5.74, 6) is -0.432. The van der Waals surface area contributed by atoms with Gasteiger partial charge in [0.05, 0.1) is 12.1 Å². The molecule has 10 nitrogen and oxygen atoms in total. The SMILES string of the molecule is [O-2].[O-2].[O-]c1c(C=N[C@@H]2CCCC[C@H]2NCc2cccc(-c3ccccc3)c2[O-])cccc1-c1cccc(C=N[C@@H]2CCCC[C@H]2NCc2cccc(-c3ccccc3)c2[O-])c1[O-].[Ti+4].[Ti+4]. The molecule has 2 aliphatic rings. The van der Waals surface area contributed by atoms with Crippen molar-refractivity contribution in [2.24, 2.45) is 9.98 Å². The molecule has 8 rings (SSSR count). The summed E-state index contributed by atoms with van der Waals surface area (Å²) in [4.78, 5) is 9.86. The van der Waals surface area contributed by atoms with Crippen LogP contribution in [0.25, 0.3) is 33.4 Å². The normalized spacial score (nSPS) is 18.3. The first-order valence-electron chi connectivity index (χ1n) is 21.3. The second-order valence-electron chi connectivity index (χ2n) is 16.0. The van der Waals surface area contributed by atoms with Crippen molar-refractivity contribution in [2.45, 2.75) is 88.6 Å². The Morgan fingerprint density at radius 2 is 0.781 bits per heavy atom. The van der Waals surface area contributed by atoms with Crippen LogP contribution in [0.2, 0.25) is 0 Å². The van der Waals surface area contributed by atoms with E-state index in [-0.39, 0.29) is 102 Å². The molecule has 6 aromatic carbocycles. The molecule has 0 spiro atoms. The van der Waals surface area contributed by atoms with E-state index in [9.17, 15) is 20.4 Å². The summed E-state index contributed by atoms with van der Waals surface area (Å²) < 4.78 is 0. The maximum absolute atomic E-state index is 13.9. The Morgan fingerprint density at radius 3 is 1.19 bits per heavy atom. The van der Waals surface area contributed by atoms with E-state index in [4.69, 9.17) is 9.98 Å². The van der Waals surface area contributed by atoms with Gasteiger partial charge in [-0.1, -0.05) is 182 Å². The molecule has 2 aliphatic carbocycles. The van der Waals surface area contributed by atoms with Gasteiger partial charge in [0.15, 0.2) is 0 Å². The van der Waals surface area contributed by atoms with E-state index in [1.54, 1.807) is 48.8 Å². The molecular formula is C52H50N4O6Ti2. The van der Waals surface area contributed by atoms with E-state index in [0.717, 1.165) is 73.6 Å². The van der Waals surface area contributed by atoms with E-state index >= 15 is 0 Å². The van der Waals surface area contributed by atoms with Crippen LogP contribution in [0, 0.1) is 0 Å². The molecule has 12 heteroatoms. The number of nitrogens with zero attached hydrogens (tertiary/aromatic N) is 2. The van der Waals surface area contributed by atoms with E-state index < -0.39 is 0 Å². The summed E-state index contributed by atoms with van der Waals surface area (Å²) in [6, 6.07) is 41.3. The average Bonchev–Trinajstić information content (AvgIpc) is 3.29. The van der Waals surface area contributed by atoms with E-state index in [0.29, 0.717) is 46.5 Å². The van der Waals surface area contributed by atoms with Crippen molar-refractivity contribution < 1.29 is 74.8 Å². The van der Waals surface area contributed by atoms with Gasteiger partial charge in [-0.15, -0.1) is 0 Å². The molecule has 0 aliphatic heterocycles. The zero-order valence-corrected chi connectivity index (χ0v) is 38.7. The first-order chi connectivity index (χ1) is 29.4. The Morgan fingerprint density at radius 1 is 0.422 bits per heavy atom. The minimum Gasteiger partial charge on any atom is -2.00 e. The fourth-order valence-electron chi connectivity index (χ4n) is 8.77. The van der Waals surface area contributed by atoms with Crippen LogP contribution in [0.4, 0.5) is 0 Å². The van der Waals surface area contributed by atoms with E-state index in [1.807, 2.05) is 97.1 Å². The second-order valence-corrected chi connectivity index (χ2v) is 16.0. The van der Waals surface area contributed by atoms with Crippen molar-refractivity contribution in [3.63, 3.8) is 0 Å². The van der Waals surface area contributed by atoms with Crippen molar-refractivity contribution in [1.29, 1.82) is 0 Å². The van der Waals surface area contributed by atoms with Gasteiger partial charge in [0.2, 0.25) is 0 Å². The molecule has 6 aromatic rings. The molecule has 4 atom stereocenters. The minimum absolute atomic E-state index is 0. The van der Waals surface area contributed by atoms with Crippen molar-refractivity contribution in [3.8, 4) is 56.4 Å². The minimum atomic E-state index is -0.243. The average molecular weight is 923 g/mol. The van der Waals surface area contributed by atoms with Gasteiger partial charge in [-0.05, 0) is 81.3 Å². The first-order valence-corrected chi connectivity index (χ1v) is 21.3. The van der Waals surface area contributed by atoms with Crippen LogP contribution < -0.4 is 31.1 Å². The molecule has 0 aromatic heterocycles. The molecular weight excluding hydrogens is 872 g/mol. The topological polar surface area (TPSA) is 198 Å². The number of nitrogens with one attached hydrogen (secondary N) is 2. The molecule has 0 bridgehead atoms. The molecule has 0 amide bonds. The predicted octanol–water partition coefficient (Wildman–Crippen LogP) is 7.78. The molecule has 0 saturated heterocycles. The largest absolute Gasteiger partial charge is 4.00 e. The van der Waals surface area contributed by atoms with E-state index in [2.05, 4.69) is 10.6 Å². The van der Waals surface area contributed by atoms with Crippen LogP contribution in [0.3, 0.4) is 0 Å². The maximum atomic E-state index is 13.9. The third kappa shape index (κ3) is 12.3. The van der Waals surface area contributed by atoms with Crippen molar-refractivity contribution in [3.05, 3.63) is 156 Å². The standard InChI is InChI=1S/C52H54N4O4.2O.2Ti/c57-49-37(19-11-23-41(49)35-15-3-1-4-16-35)31-53-45-27-7-9-29-47(45)55-33-39-21-13-25-43(51(39)59)44-26-14-22-40(52(44)60)34-56-48-30-10-8-28-46(48)54-32-38-20-12-24-42(50(38)58)36-17-5-2-6-18-36;;;;/h1-6,11-26,33-34,45-48,53-54,57-60H,7-10,27-32H2;;;;/q;2*-2;2*+4/p-4/t45-,46-,47-,48-;;;;/m1..../s1. The monoisotopic (exact) mass is 922 g/mol. The third-order valence-corrected chi connectivity index (χ3v) is 12.1. The fourth-order valence-corrected chi connectivity index (χ4v) is 8.77. The smallest absolute Gasteiger partial charge is 2.00 e. The summed E-state index contributed by atoms with van der Waals surface area (Å²) in [6.45, 7) is 0.877. The number of rotatable bonds is 13. The summed E-state index contributed by atoms with van der Waals surface area (Å²) in [5, 5.41) is 61.8. The van der Waals surface area contributed by atoms with Crippen LogP contribution in [0.15, 0.2) is 143 Å². The van der Waals surface area contributed by atoms with Gasteiger partial charge >= 0.3 is 43.4 Å². The van der Waals surface area contributed by atoms with Gasteiger partial charge < -0.3 is 42.0 Å². The Bertz CT molecular complexity index is 2280. The first kappa shape index (κ1) is 51.8. The molecule has 0 unspecified atom stereocenters. The van der Waals surface area contributed by atoms with Crippen LogP contribution in [-0.4, -0.2) is 36.6 Å². The van der Waals surface area contributed by atoms with Crippen LogP contribution in [0.5, 0.6) is 23.0 Å². The summed E-state index contributed by atoms with van der Waals surface area (Å²) in [6.07, 6.45) is 11.1. The molecule has 64 heavy (non-hydrogen) atoms. The molecule has 2 N–H and O–H groups in total. The van der Waals surface area contributed by atoms with Crippen LogP contribution in [0.1, 0.15) is 73.6 Å². The Balaban J connectivity index is 0.00000224. The van der Waals surface area contributed by atoms with Crippen molar-refractivity contribution in [1.82, 2.24) is 10.6 Å². The van der Waals surface area contributed by atoms with Crippen molar-refractivity contribution >= 4 is 12.4 Å². The fraction of sp³-hybridized carbons (Fsp3) is 0.269. The van der Waals surface area contributed by atoms with Gasteiger partial charge in [-0.2, -0.15) is 0 Å². The van der Waals surface area contributed by atoms with Crippen LogP contribution >= 0.6 is 0 Å². The van der Waals surface area contributed by atoms with Crippen LogP contribution in [-0.2, 0) is 67.5 Å². The second kappa shape index (κ2) is 25.0. The van der Waals surface area contributed by atoms with Gasteiger partial charge in [0, 0.05) is 37.6 Å². The zero-order chi connectivity index (χ0) is 41.3. The number of aliphatic imine (C=N–C) groups is 2. The number of para-hydroxylation sites is 4. The Kier molecular flexibility index (Phi) is 20.2. The maximum Gasteiger partial charge on any atom is 4.00 e. The molecule has 0 radical (unpaired) electrons. The molecule has 2 saturated carbocycles. The van der Waals surface area contributed by atoms with Gasteiger partial charge in [0.1, 0.15) is 0 Å². The summed E-state index contributed by atoms with van der Waals surface area (Å²) in [7, 11) is 0. The number of hydrogen-bond donors (Lipinski definition) is 2. The zero-order valence-electron chi connectivity index (χ0n) is 35.6. The van der Waals surface area contributed by atoms with Gasteiger partial charge in [-0.25, -0.2) is 0 Å². The summed E-state index contributed by atoms with van der Waals surface area (Å²) in [5.41, 5.74) is 6.16. The number of benzene rings is 6. The molecule has 322 valence electrons. The quantitative estimate of drug-likeness (QED) is 0.0876. The van der Waals surface area contributed by atoms with Crippen molar-refractivity contribution in [2.75, 3.05) is 0 Å². The Labute approximate surface area is 406 Å². The predicted molar refractivity (Wildman–Crippen MR) is 236 cm³/mol. The summed E-state index contributed by atoms with van der Waals surface area (Å²) >= 11 is 0. The van der Waals surface area contributed by atoms with E-state index in [1.165, 1.54) is 0 Å². The Hall–Kier alpha value is -4.87. The van der Waals surface area contributed by atoms with Gasteiger partial charge in [0.25, 0.3) is 0 Å². The third-order valence-electron chi connectivity index (χ3n) is 12.1.